The van der Waals surface area contributed by atoms with Gasteiger partial charge < -0.3 is 18.7 Å². The zero-order valence-electron chi connectivity index (χ0n) is 11.8. The molecule has 0 aliphatic carbocycles. The number of aryl methyl sites for hydroxylation is 1. The van der Waals surface area contributed by atoms with Crippen LogP contribution in [0.3, 0.4) is 0 Å². The van der Waals surface area contributed by atoms with E-state index in [9.17, 15) is 9.90 Å². The Kier molecular flexibility index (Phi) is 3.70. The minimum Gasteiger partial charge on any atom is -0.506 e. The Morgan fingerprint density at radius 2 is 1.95 bits per heavy atom. The molecule has 0 bridgehead atoms. The predicted molar refractivity (Wildman–Crippen MR) is 76.6 cm³/mol. The molecule has 0 fully saturated rings. The number of phenols is 1. The van der Waals surface area contributed by atoms with E-state index in [1.807, 2.05) is 13.8 Å². The summed E-state index contributed by atoms with van der Waals surface area (Å²) in [7, 11) is 1.45. The smallest absolute Gasteiger partial charge is 0.206 e. The Morgan fingerprint density at radius 3 is 2.60 bits per heavy atom. The van der Waals surface area contributed by atoms with Crippen LogP contribution in [0.15, 0.2) is 32.0 Å². The van der Waals surface area contributed by atoms with E-state index in [4.69, 9.17) is 13.6 Å². The molecule has 2 aromatic heterocycles. The highest BCUT2D eigenvalue weighted by atomic mass is 16.5. The van der Waals surface area contributed by atoms with E-state index in [1.54, 1.807) is 13.0 Å². The minimum absolute atomic E-state index is 0.103. The molecule has 0 aliphatic rings. The van der Waals surface area contributed by atoms with Crippen LogP contribution in [0.2, 0.25) is 0 Å². The Labute approximate surface area is 115 Å². The lowest BCUT2D eigenvalue weighted by Gasteiger charge is -2.07. The molecule has 5 heteroatoms. The molecular weight excluding hydrogens is 260 g/mol. The summed E-state index contributed by atoms with van der Waals surface area (Å²) in [4.78, 5) is 11.9. The lowest BCUT2D eigenvalue weighted by atomic mass is 10.1. The number of fused-ring (bicyclic) bond motifs is 2. The number of hydrogen-bond donors (Lipinski definition) is 1. The first kappa shape index (κ1) is 14.0. The van der Waals surface area contributed by atoms with Gasteiger partial charge in [-0.3, -0.25) is 4.79 Å². The fourth-order valence-electron chi connectivity index (χ4n) is 2.09. The number of rotatable bonds is 1. The van der Waals surface area contributed by atoms with Crippen molar-refractivity contribution in [1.82, 2.24) is 0 Å². The fraction of sp³-hybridized carbons (Fsp3) is 0.267. The number of methoxy groups -OCH3 is 1. The van der Waals surface area contributed by atoms with Gasteiger partial charge >= 0.3 is 0 Å². The van der Waals surface area contributed by atoms with Gasteiger partial charge in [-0.2, -0.15) is 0 Å². The van der Waals surface area contributed by atoms with Crippen LogP contribution in [0.4, 0.5) is 0 Å². The van der Waals surface area contributed by atoms with Crippen molar-refractivity contribution in [3.8, 4) is 11.5 Å². The number of ether oxygens (including phenoxy) is 1. The molecule has 20 heavy (non-hydrogen) atoms. The molecule has 0 radical (unpaired) electrons. The lowest BCUT2D eigenvalue weighted by molar-refractivity contribution is 0.401. The topological polar surface area (TPSA) is 72.8 Å². The van der Waals surface area contributed by atoms with Crippen molar-refractivity contribution in [3.05, 3.63) is 34.4 Å². The fourth-order valence-corrected chi connectivity index (χ4v) is 2.09. The highest BCUT2D eigenvalue weighted by molar-refractivity contribution is 6.06. The normalized spacial score (nSPS) is 10.4. The van der Waals surface area contributed by atoms with Crippen LogP contribution in [0.5, 0.6) is 11.5 Å². The van der Waals surface area contributed by atoms with Gasteiger partial charge in [-0.1, -0.05) is 13.8 Å². The molecular formula is C15H16O5. The van der Waals surface area contributed by atoms with Crippen molar-refractivity contribution in [1.29, 1.82) is 0 Å². The van der Waals surface area contributed by atoms with E-state index >= 15 is 0 Å². The number of benzene rings is 1. The van der Waals surface area contributed by atoms with Crippen LogP contribution in [-0.2, 0) is 0 Å². The average Bonchev–Trinajstić information content (AvgIpc) is 2.90. The summed E-state index contributed by atoms with van der Waals surface area (Å²) < 4.78 is 16.0. The minimum atomic E-state index is -0.312. The monoisotopic (exact) mass is 276 g/mol. The van der Waals surface area contributed by atoms with Crippen molar-refractivity contribution < 1.29 is 18.7 Å². The molecule has 2 heterocycles. The van der Waals surface area contributed by atoms with E-state index in [1.165, 1.54) is 19.4 Å². The Balaban J connectivity index is 0.000000704. The van der Waals surface area contributed by atoms with Crippen molar-refractivity contribution in [2.45, 2.75) is 20.8 Å². The molecule has 3 rings (SSSR count). The van der Waals surface area contributed by atoms with Crippen LogP contribution < -0.4 is 10.2 Å². The van der Waals surface area contributed by atoms with Crippen molar-refractivity contribution >= 4 is 21.9 Å². The van der Waals surface area contributed by atoms with Gasteiger partial charge in [0.2, 0.25) is 5.75 Å². The third kappa shape index (κ3) is 1.91. The van der Waals surface area contributed by atoms with Gasteiger partial charge in [-0.05, 0) is 13.0 Å². The maximum Gasteiger partial charge on any atom is 0.206 e. The molecule has 106 valence electrons. The van der Waals surface area contributed by atoms with Crippen molar-refractivity contribution in [3.63, 3.8) is 0 Å². The standard InChI is InChI=1S/C13H10O5.C2H6/c1-6-5-8(14)9-10(15)7-3-4-17-11(7)13(16-2)12(9)18-6;1-2/h3-5,15H,1-2H3;1-2H3. The summed E-state index contributed by atoms with van der Waals surface area (Å²) in [5, 5.41) is 10.6. The van der Waals surface area contributed by atoms with E-state index in [0.29, 0.717) is 22.5 Å². The van der Waals surface area contributed by atoms with Crippen molar-refractivity contribution in [2.75, 3.05) is 7.11 Å². The molecule has 5 nitrogen and oxygen atoms in total. The van der Waals surface area contributed by atoms with Gasteiger partial charge in [0.15, 0.2) is 16.6 Å². The highest BCUT2D eigenvalue weighted by Gasteiger charge is 2.20. The van der Waals surface area contributed by atoms with Crippen molar-refractivity contribution in [2.24, 2.45) is 0 Å². The molecule has 3 aromatic rings. The molecule has 0 saturated heterocycles. The van der Waals surface area contributed by atoms with E-state index in [2.05, 4.69) is 0 Å². The zero-order chi connectivity index (χ0) is 14.9. The number of hydrogen-bond acceptors (Lipinski definition) is 5. The van der Waals surface area contributed by atoms with Gasteiger partial charge in [-0.25, -0.2) is 0 Å². The summed E-state index contributed by atoms with van der Waals surface area (Å²) in [5.74, 6) is 0.600. The maximum atomic E-state index is 11.9. The highest BCUT2D eigenvalue weighted by Crippen LogP contribution is 2.41. The SMILES string of the molecule is CC.COc1c2occc2c(O)c2c(=O)cc(C)oc12. The first-order chi connectivity index (χ1) is 9.63. The average molecular weight is 276 g/mol. The second kappa shape index (κ2) is 5.28. The van der Waals surface area contributed by atoms with Gasteiger partial charge in [0, 0.05) is 6.07 Å². The molecule has 0 atom stereocenters. The van der Waals surface area contributed by atoms with Crippen LogP contribution >= 0.6 is 0 Å². The van der Waals surface area contributed by atoms with E-state index in [-0.39, 0.29) is 22.1 Å². The third-order valence-corrected chi connectivity index (χ3v) is 2.84. The summed E-state index contributed by atoms with van der Waals surface area (Å²) in [6.07, 6.45) is 1.42. The Hall–Kier alpha value is -2.43. The number of furan rings is 1. The quantitative estimate of drug-likeness (QED) is 0.735. The third-order valence-electron chi connectivity index (χ3n) is 2.84. The zero-order valence-corrected chi connectivity index (χ0v) is 11.8. The second-order valence-electron chi connectivity index (χ2n) is 3.97. The predicted octanol–water partition coefficient (Wildman–Crippen LogP) is 3.59. The van der Waals surface area contributed by atoms with Crippen LogP contribution in [0.1, 0.15) is 19.6 Å². The summed E-state index contributed by atoms with van der Waals surface area (Å²) in [6, 6.07) is 2.90. The van der Waals surface area contributed by atoms with E-state index in [0.717, 1.165) is 0 Å². The van der Waals surface area contributed by atoms with Gasteiger partial charge in [-0.15, -0.1) is 0 Å². The maximum absolute atomic E-state index is 11.9. The first-order valence-corrected chi connectivity index (χ1v) is 6.34. The molecule has 0 aliphatic heterocycles. The van der Waals surface area contributed by atoms with E-state index < -0.39 is 0 Å². The van der Waals surface area contributed by atoms with Crippen LogP contribution in [0, 0.1) is 6.92 Å². The number of phenolic OH excluding ortho intramolecular Hbond substituents is 1. The van der Waals surface area contributed by atoms with Gasteiger partial charge in [0.05, 0.1) is 18.8 Å². The first-order valence-electron chi connectivity index (χ1n) is 6.34. The molecule has 0 unspecified atom stereocenters. The number of aromatic hydroxyl groups is 1. The molecule has 0 saturated carbocycles. The summed E-state index contributed by atoms with van der Waals surface area (Å²) in [5.41, 5.74) is 0.242. The molecule has 1 N–H and O–H groups in total. The summed E-state index contributed by atoms with van der Waals surface area (Å²) in [6.45, 7) is 5.66. The Bertz CT molecular complexity index is 810. The Morgan fingerprint density at radius 1 is 1.25 bits per heavy atom. The van der Waals surface area contributed by atoms with Crippen LogP contribution in [0.25, 0.3) is 21.9 Å². The summed E-state index contributed by atoms with van der Waals surface area (Å²) >= 11 is 0. The molecule has 0 spiro atoms. The molecule has 1 aromatic carbocycles. The lowest BCUT2D eigenvalue weighted by Crippen LogP contribution is -2.02. The van der Waals surface area contributed by atoms with Gasteiger partial charge in [0.1, 0.15) is 16.9 Å². The van der Waals surface area contributed by atoms with Gasteiger partial charge in [0.25, 0.3) is 0 Å². The second-order valence-corrected chi connectivity index (χ2v) is 3.97. The molecule has 0 amide bonds. The largest absolute Gasteiger partial charge is 0.506 e. The van der Waals surface area contributed by atoms with Crippen LogP contribution in [-0.4, -0.2) is 12.2 Å².